The van der Waals surface area contributed by atoms with Gasteiger partial charge in [0, 0.05) is 0 Å². The van der Waals surface area contributed by atoms with Crippen LogP contribution in [-0.4, -0.2) is 16.4 Å². The van der Waals surface area contributed by atoms with Crippen molar-refractivity contribution in [2.75, 3.05) is 0 Å². The second-order valence-corrected chi connectivity index (χ2v) is 4.54. The van der Waals surface area contributed by atoms with Crippen molar-refractivity contribution < 1.29 is 8.78 Å². The maximum atomic E-state index is 12.3. The zero-order valence-electron chi connectivity index (χ0n) is 10.2. The molecular weight excluding hydrogens is 238 g/mol. The van der Waals surface area contributed by atoms with Crippen LogP contribution in [0.1, 0.15) is 31.0 Å². The normalized spacial score (nSPS) is 11.7. The number of rotatable bonds is 3. The van der Waals surface area contributed by atoms with E-state index in [-0.39, 0.29) is 5.69 Å². The van der Waals surface area contributed by atoms with Gasteiger partial charge in [-0.25, -0.2) is 13.8 Å². The van der Waals surface area contributed by atoms with Gasteiger partial charge in [-0.15, -0.1) is 0 Å². The highest BCUT2D eigenvalue weighted by Crippen LogP contribution is 2.18. The Labute approximate surface area is 103 Å². The van der Waals surface area contributed by atoms with Gasteiger partial charge in [0.25, 0.3) is 5.56 Å². The van der Waals surface area contributed by atoms with E-state index in [9.17, 15) is 13.6 Å². The maximum absolute atomic E-state index is 12.3. The molecule has 0 bridgehead atoms. The molecule has 0 atom stereocenters. The SMILES string of the molecule is CC(C)c1ccc2nc(CC(F)F)c(=O)[nH]c2c1. The fraction of sp³-hybridized carbons (Fsp3) is 0.385. The van der Waals surface area contributed by atoms with E-state index >= 15 is 0 Å². The van der Waals surface area contributed by atoms with E-state index in [1.54, 1.807) is 6.07 Å². The molecule has 0 unspecified atom stereocenters. The van der Waals surface area contributed by atoms with Gasteiger partial charge in [0.05, 0.1) is 17.5 Å². The van der Waals surface area contributed by atoms with Crippen LogP contribution in [0.2, 0.25) is 0 Å². The third-order valence-corrected chi connectivity index (χ3v) is 2.80. The van der Waals surface area contributed by atoms with Gasteiger partial charge in [-0.05, 0) is 23.6 Å². The number of nitrogens with zero attached hydrogens (tertiary/aromatic N) is 1. The van der Waals surface area contributed by atoms with Gasteiger partial charge in [0.1, 0.15) is 5.69 Å². The quantitative estimate of drug-likeness (QED) is 0.913. The van der Waals surface area contributed by atoms with E-state index in [4.69, 9.17) is 0 Å². The zero-order chi connectivity index (χ0) is 13.3. The third kappa shape index (κ3) is 2.55. The standard InChI is InChI=1S/C13H14F2N2O/c1-7(2)8-3-4-9-10(5-8)17-13(18)11(16-9)6-12(14)15/h3-5,7,12H,6H2,1-2H3,(H,17,18). The van der Waals surface area contributed by atoms with Gasteiger partial charge < -0.3 is 4.98 Å². The summed E-state index contributed by atoms with van der Waals surface area (Å²) < 4.78 is 24.6. The monoisotopic (exact) mass is 252 g/mol. The van der Waals surface area contributed by atoms with Crippen molar-refractivity contribution in [3.63, 3.8) is 0 Å². The van der Waals surface area contributed by atoms with Gasteiger partial charge in [-0.3, -0.25) is 4.79 Å². The minimum absolute atomic E-state index is 0.116. The molecule has 0 aliphatic heterocycles. The van der Waals surface area contributed by atoms with Crippen molar-refractivity contribution in [2.24, 2.45) is 0 Å². The lowest BCUT2D eigenvalue weighted by molar-refractivity contribution is 0.147. The number of aromatic amines is 1. The van der Waals surface area contributed by atoms with Crippen LogP contribution in [0.15, 0.2) is 23.0 Å². The summed E-state index contributed by atoms with van der Waals surface area (Å²) in [6.07, 6.45) is -3.18. The number of alkyl halides is 2. The molecule has 1 aromatic carbocycles. The first kappa shape index (κ1) is 12.7. The predicted molar refractivity (Wildman–Crippen MR) is 66.2 cm³/mol. The molecule has 0 aliphatic carbocycles. The van der Waals surface area contributed by atoms with Gasteiger partial charge >= 0.3 is 0 Å². The van der Waals surface area contributed by atoms with E-state index in [0.717, 1.165) is 5.56 Å². The van der Waals surface area contributed by atoms with Crippen LogP contribution >= 0.6 is 0 Å². The number of hydrogen-bond acceptors (Lipinski definition) is 2. The largest absolute Gasteiger partial charge is 0.319 e. The Kier molecular flexibility index (Phi) is 3.41. The van der Waals surface area contributed by atoms with E-state index in [0.29, 0.717) is 17.0 Å². The van der Waals surface area contributed by atoms with Gasteiger partial charge in [0.2, 0.25) is 6.43 Å². The fourth-order valence-corrected chi connectivity index (χ4v) is 1.79. The Morgan fingerprint density at radius 2 is 2.06 bits per heavy atom. The Hall–Kier alpha value is -1.78. The summed E-state index contributed by atoms with van der Waals surface area (Å²) in [6, 6.07) is 5.47. The highest BCUT2D eigenvalue weighted by molar-refractivity contribution is 5.74. The highest BCUT2D eigenvalue weighted by atomic mass is 19.3. The number of H-pyrrole nitrogens is 1. The van der Waals surface area contributed by atoms with Gasteiger partial charge in [-0.2, -0.15) is 0 Å². The third-order valence-electron chi connectivity index (χ3n) is 2.80. The minimum atomic E-state index is -2.56. The molecule has 2 rings (SSSR count). The van der Waals surface area contributed by atoms with Crippen molar-refractivity contribution in [3.05, 3.63) is 39.8 Å². The molecule has 18 heavy (non-hydrogen) atoms. The molecule has 5 heteroatoms. The van der Waals surface area contributed by atoms with Crippen LogP contribution in [0.4, 0.5) is 8.78 Å². The summed E-state index contributed by atoms with van der Waals surface area (Å²) in [4.78, 5) is 18.2. The number of hydrogen-bond donors (Lipinski definition) is 1. The lowest BCUT2D eigenvalue weighted by atomic mass is 10.0. The Morgan fingerprint density at radius 3 is 2.67 bits per heavy atom. The Balaban J connectivity index is 2.53. The molecule has 0 spiro atoms. The van der Waals surface area contributed by atoms with Crippen molar-refractivity contribution in [3.8, 4) is 0 Å². The fourth-order valence-electron chi connectivity index (χ4n) is 1.79. The molecule has 0 saturated carbocycles. The van der Waals surface area contributed by atoms with Crippen LogP contribution in [0.3, 0.4) is 0 Å². The topological polar surface area (TPSA) is 45.8 Å². The van der Waals surface area contributed by atoms with Crippen molar-refractivity contribution in [2.45, 2.75) is 32.6 Å². The van der Waals surface area contributed by atoms with Crippen LogP contribution in [0.5, 0.6) is 0 Å². The number of fused-ring (bicyclic) bond motifs is 1. The van der Waals surface area contributed by atoms with Gasteiger partial charge in [-0.1, -0.05) is 19.9 Å². The molecule has 3 nitrogen and oxygen atoms in total. The second kappa shape index (κ2) is 4.84. The molecule has 0 fully saturated rings. The van der Waals surface area contributed by atoms with Crippen LogP contribution in [0, 0.1) is 0 Å². The molecule has 0 amide bonds. The molecule has 0 aliphatic rings. The number of nitrogens with one attached hydrogen (secondary N) is 1. The number of benzene rings is 1. The summed E-state index contributed by atoms with van der Waals surface area (Å²) in [7, 11) is 0. The smallest absolute Gasteiger partial charge is 0.270 e. The van der Waals surface area contributed by atoms with Crippen LogP contribution in [-0.2, 0) is 6.42 Å². The number of halogens is 2. The first-order valence-corrected chi connectivity index (χ1v) is 5.78. The summed E-state index contributed by atoms with van der Waals surface area (Å²) in [5, 5.41) is 0. The molecule has 1 aromatic heterocycles. The average molecular weight is 252 g/mol. The van der Waals surface area contributed by atoms with E-state index in [1.807, 2.05) is 26.0 Å². The van der Waals surface area contributed by atoms with Crippen molar-refractivity contribution in [1.29, 1.82) is 0 Å². The molecule has 1 heterocycles. The summed E-state index contributed by atoms with van der Waals surface area (Å²) >= 11 is 0. The minimum Gasteiger partial charge on any atom is -0.319 e. The van der Waals surface area contributed by atoms with E-state index < -0.39 is 18.4 Å². The molecular formula is C13H14F2N2O. The van der Waals surface area contributed by atoms with Crippen LogP contribution in [0.25, 0.3) is 11.0 Å². The number of aromatic nitrogens is 2. The van der Waals surface area contributed by atoms with E-state index in [2.05, 4.69) is 9.97 Å². The molecule has 0 radical (unpaired) electrons. The first-order chi connectivity index (χ1) is 8.47. The predicted octanol–water partition coefficient (Wildman–Crippen LogP) is 2.85. The summed E-state index contributed by atoms with van der Waals surface area (Å²) in [6.45, 7) is 4.08. The average Bonchev–Trinajstić information content (AvgIpc) is 2.28. The highest BCUT2D eigenvalue weighted by Gasteiger charge is 2.11. The Morgan fingerprint density at radius 1 is 1.33 bits per heavy atom. The van der Waals surface area contributed by atoms with Crippen LogP contribution < -0.4 is 5.56 Å². The van der Waals surface area contributed by atoms with E-state index in [1.165, 1.54) is 0 Å². The van der Waals surface area contributed by atoms with Gasteiger partial charge in [0.15, 0.2) is 0 Å². The van der Waals surface area contributed by atoms with Crippen molar-refractivity contribution >= 4 is 11.0 Å². The molecule has 2 aromatic rings. The first-order valence-electron chi connectivity index (χ1n) is 5.78. The molecule has 96 valence electrons. The molecule has 0 saturated heterocycles. The maximum Gasteiger partial charge on any atom is 0.270 e. The second-order valence-electron chi connectivity index (χ2n) is 4.54. The lowest BCUT2D eigenvalue weighted by Gasteiger charge is -2.07. The zero-order valence-corrected chi connectivity index (χ0v) is 10.2. The lowest BCUT2D eigenvalue weighted by Crippen LogP contribution is -2.17. The van der Waals surface area contributed by atoms with Crippen molar-refractivity contribution in [1.82, 2.24) is 9.97 Å². The summed E-state index contributed by atoms with van der Waals surface area (Å²) in [5.41, 5.74) is 1.54. The Bertz CT molecular complexity index is 620. The molecule has 1 N–H and O–H groups in total. The summed E-state index contributed by atoms with van der Waals surface area (Å²) in [5.74, 6) is 0.332.